The Morgan fingerprint density at radius 1 is 1.03 bits per heavy atom. The van der Waals surface area contributed by atoms with E-state index in [1.54, 1.807) is 12.1 Å². The van der Waals surface area contributed by atoms with Gasteiger partial charge in [0, 0.05) is 39.2 Å². The summed E-state index contributed by atoms with van der Waals surface area (Å²) in [7, 11) is -10.3. The van der Waals surface area contributed by atoms with E-state index in [0.29, 0.717) is 12.0 Å². The van der Waals surface area contributed by atoms with E-state index < -0.39 is 27.2 Å². The van der Waals surface area contributed by atoms with Crippen LogP contribution in [0.25, 0.3) is 0 Å². The summed E-state index contributed by atoms with van der Waals surface area (Å²) in [5, 5.41) is 0. The van der Waals surface area contributed by atoms with Crippen molar-refractivity contribution in [3.8, 4) is 11.5 Å². The summed E-state index contributed by atoms with van der Waals surface area (Å²) in [6.45, 7) is 15.6. The van der Waals surface area contributed by atoms with Crippen LogP contribution < -0.4 is 19.3 Å². The minimum absolute atomic E-state index is 0.0377. The van der Waals surface area contributed by atoms with Crippen LogP contribution in [0.1, 0.15) is 97.6 Å². The van der Waals surface area contributed by atoms with Crippen LogP contribution in [-0.4, -0.2) is 21.4 Å². The minimum Gasteiger partial charge on any atom is -0.756 e. The van der Waals surface area contributed by atoms with E-state index in [1.807, 2.05) is 13.8 Å². The Hall–Kier alpha value is -1.48. The molecule has 0 saturated carbocycles. The van der Waals surface area contributed by atoms with Crippen LogP contribution in [-0.2, 0) is 24.6 Å². The van der Waals surface area contributed by atoms with Gasteiger partial charge >= 0.3 is 0 Å². The molecule has 1 aliphatic rings. The van der Waals surface area contributed by atoms with Crippen LogP contribution in [0.4, 0.5) is 0 Å². The van der Waals surface area contributed by atoms with Crippen LogP contribution in [0.3, 0.4) is 0 Å². The van der Waals surface area contributed by atoms with Crippen molar-refractivity contribution in [3.63, 3.8) is 0 Å². The highest BCUT2D eigenvalue weighted by atomic mass is 31.2. The van der Waals surface area contributed by atoms with Crippen LogP contribution in [0.2, 0.25) is 0 Å². The highest BCUT2D eigenvalue weighted by molar-refractivity contribution is 7.45. The normalized spacial score (nSPS) is 21.5. The first-order valence-corrected chi connectivity index (χ1v) is 16.1. The van der Waals surface area contributed by atoms with Gasteiger partial charge in [-0.25, -0.2) is 0 Å². The van der Waals surface area contributed by atoms with Gasteiger partial charge in [-0.15, -0.1) is 0 Å². The zero-order valence-corrected chi connectivity index (χ0v) is 25.7. The van der Waals surface area contributed by atoms with Crippen LogP contribution in [0.15, 0.2) is 35.9 Å². The largest absolute Gasteiger partial charge is 0.756 e. The standard InChI is InChI=1S/C27H44O10P2/c1-9-10-11-12-20-16-23(34-26(5,6)36-38(28,29)30)25(22-15-19(4)13-14-21(22)18(2)3)24(17-20)35-27(7,8)37-39(31,32)33/h15-17,21-22H,2,9-14H2,1,3-8H3,(H2,28,29,30)(H2,31,32,33)/p-2. The molecule has 39 heavy (non-hydrogen) atoms. The maximum atomic E-state index is 11.6. The van der Waals surface area contributed by atoms with Gasteiger partial charge in [-0.1, -0.05) is 43.6 Å². The molecule has 12 heteroatoms. The maximum absolute atomic E-state index is 11.6. The van der Waals surface area contributed by atoms with E-state index in [4.69, 9.17) is 18.5 Å². The average Bonchev–Trinajstić information content (AvgIpc) is 2.69. The van der Waals surface area contributed by atoms with Crippen molar-refractivity contribution < 1.29 is 47.2 Å². The second-order valence-electron chi connectivity index (χ2n) is 11.1. The first-order chi connectivity index (χ1) is 17.7. The molecule has 0 spiro atoms. The van der Waals surface area contributed by atoms with Crippen molar-refractivity contribution in [2.75, 3.05) is 0 Å². The number of phosphoric ester groups is 2. The van der Waals surface area contributed by atoms with Crippen LogP contribution in [0, 0.1) is 5.92 Å². The number of rotatable bonds is 14. The summed E-state index contributed by atoms with van der Waals surface area (Å²) in [5.74, 6) is -3.49. The lowest BCUT2D eigenvalue weighted by Crippen LogP contribution is -2.35. The molecule has 0 aliphatic heterocycles. The summed E-state index contributed by atoms with van der Waals surface area (Å²) >= 11 is 0. The molecule has 0 amide bonds. The fraction of sp³-hybridized carbons (Fsp3) is 0.630. The van der Waals surface area contributed by atoms with Gasteiger partial charge in [0.25, 0.3) is 15.6 Å². The van der Waals surface area contributed by atoms with Crippen LogP contribution in [0.5, 0.6) is 11.5 Å². The maximum Gasteiger partial charge on any atom is 0.268 e. The number of ether oxygens (including phenoxy) is 2. The molecule has 1 aromatic carbocycles. The van der Waals surface area contributed by atoms with Crippen molar-refractivity contribution in [2.45, 2.75) is 104 Å². The molecule has 0 fully saturated rings. The first-order valence-electron chi connectivity index (χ1n) is 13.1. The average molecular weight is 589 g/mol. The molecule has 1 aliphatic carbocycles. The zero-order valence-electron chi connectivity index (χ0n) is 23.9. The fourth-order valence-corrected chi connectivity index (χ4v) is 6.09. The van der Waals surface area contributed by atoms with Crippen molar-refractivity contribution in [3.05, 3.63) is 47.1 Å². The summed E-state index contributed by atoms with van der Waals surface area (Å²) < 4.78 is 45.1. The highest BCUT2D eigenvalue weighted by Crippen LogP contribution is 2.50. The van der Waals surface area contributed by atoms with E-state index >= 15 is 0 Å². The monoisotopic (exact) mass is 588 g/mol. The smallest absolute Gasteiger partial charge is 0.268 e. The van der Waals surface area contributed by atoms with Crippen molar-refractivity contribution >= 4 is 15.6 Å². The number of hydrogen-bond donors (Lipinski definition) is 2. The van der Waals surface area contributed by atoms with Gasteiger partial charge in [0.05, 0.1) is 0 Å². The predicted molar refractivity (Wildman–Crippen MR) is 145 cm³/mol. The molecule has 1 aromatic rings. The Morgan fingerprint density at radius 3 is 1.92 bits per heavy atom. The number of unbranched alkanes of at least 4 members (excludes halogenated alkanes) is 2. The number of hydrogen-bond acceptors (Lipinski definition) is 8. The molecule has 0 saturated heterocycles. The molecule has 222 valence electrons. The van der Waals surface area contributed by atoms with E-state index in [0.717, 1.165) is 48.8 Å². The summed E-state index contributed by atoms with van der Waals surface area (Å²) in [5.41, 5.74) is 3.33. The van der Waals surface area contributed by atoms with Gasteiger partial charge in [0.15, 0.2) is 0 Å². The second kappa shape index (κ2) is 13.0. The molecule has 10 nitrogen and oxygen atoms in total. The molecule has 2 N–H and O–H groups in total. The lowest BCUT2D eigenvalue weighted by atomic mass is 9.73. The molecule has 4 unspecified atom stereocenters. The van der Waals surface area contributed by atoms with E-state index in [9.17, 15) is 28.7 Å². The lowest BCUT2D eigenvalue weighted by Gasteiger charge is -2.37. The topological polar surface area (TPSA) is 158 Å². The van der Waals surface area contributed by atoms with Gasteiger partial charge in [-0.2, -0.15) is 0 Å². The quantitative estimate of drug-likeness (QED) is 0.121. The van der Waals surface area contributed by atoms with Gasteiger partial charge in [-0.05, 0) is 63.1 Å². The van der Waals surface area contributed by atoms with E-state index in [-0.39, 0.29) is 23.3 Å². The Bertz CT molecular complexity index is 1090. The minimum atomic E-state index is -5.16. The van der Waals surface area contributed by atoms with Crippen molar-refractivity contribution in [2.24, 2.45) is 5.92 Å². The van der Waals surface area contributed by atoms with Gasteiger partial charge in [0.1, 0.15) is 11.5 Å². The first kappa shape index (κ1) is 33.7. The second-order valence-corrected chi connectivity index (χ2v) is 13.4. The summed E-state index contributed by atoms with van der Waals surface area (Å²) in [6, 6.07) is 3.56. The molecule has 2 rings (SSSR count). The summed E-state index contributed by atoms with van der Waals surface area (Å²) in [6.07, 6.45) is 7.14. The van der Waals surface area contributed by atoms with Crippen molar-refractivity contribution in [1.29, 1.82) is 0 Å². The van der Waals surface area contributed by atoms with E-state index in [1.165, 1.54) is 27.7 Å². The molecule has 0 radical (unpaired) electrons. The Kier molecular flexibility index (Phi) is 11.2. The number of benzene rings is 1. The summed E-state index contributed by atoms with van der Waals surface area (Å²) in [4.78, 5) is 41.9. The zero-order chi connectivity index (χ0) is 29.8. The van der Waals surface area contributed by atoms with Crippen LogP contribution >= 0.6 is 15.6 Å². The molecule has 4 atom stereocenters. The Morgan fingerprint density at radius 2 is 1.51 bits per heavy atom. The molecular formula is C27H42O10P2-2. The predicted octanol–water partition coefficient (Wildman–Crippen LogP) is 5.62. The Labute approximate surface area is 231 Å². The molecule has 0 heterocycles. The molecule has 0 aromatic heterocycles. The molecule has 0 bridgehead atoms. The highest BCUT2D eigenvalue weighted by Gasteiger charge is 2.36. The number of allylic oxidation sites excluding steroid dienone is 3. The number of phosphoric acid groups is 2. The van der Waals surface area contributed by atoms with Gasteiger partial charge in [-0.3, -0.25) is 18.2 Å². The third-order valence-electron chi connectivity index (χ3n) is 6.33. The van der Waals surface area contributed by atoms with E-state index in [2.05, 4.69) is 19.6 Å². The third-order valence-corrected chi connectivity index (χ3v) is 7.67. The van der Waals surface area contributed by atoms with Crippen molar-refractivity contribution in [1.82, 2.24) is 0 Å². The molecular weight excluding hydrogens is 546 g/mol. The third kappa shape index (κ3) is 11.1. The fourth-order valence-electron chi connectivity index (χ4n) is 4.90. The van der Waals surface area contributed by atoms with Gasteiger partial charge in [0.2, 0.25) is 11.6 Å². The Balaban J connectivity index is 2.82. The lowest BCUT2D eigenvalue weighted by molar-refractivity contribution is -0.246. The SMILES string of the molecule is C=C(C)C1CCC(C)=CC1c1c(OC(C)(C)OP(=O)([O-])O)cc(CCCCC)cc1OC(C)(C)OP(=O)([O-])O. The van der Waals surface area contributed by atoms with Gasteiger partial charge < -0.3 is 29.0 Å². The number of aryl methyl sites for hydroxylation is 1.